The van der Waals surface area contributed by atoms with Gasteiger partial charge in [0.15, 0.2) is 5.69 Å². The Labute approximate surface area is 140 Å². The van der Waals surface area contributed by atoms with Gasteiger partial charge in [-0.25, -0.2) is 4.68 Å². The zero-order valence-corrected chi connectivity index (χ0v) is 13.3. The summed E-state index contributed by atoms with van der Waals surface area (Å²) in [5.41, 5.74) is -2.61. The van der Waals surface area contributed by atoms with E-state index in [9.17, 15) is 22.8 Å². The van der Waals surface area contributed by atoms with Gasteiger partial charge < -0.3 is 10.4 Å². The fraction of sp³-hybridized carbons (Fsp3) is 0.333. The van der Waals surface area contributed by atoms with Crippen molar-refractivity contribution in [1.29, 1.82) is 0 Å². The number of carboxylic acid groups (broad SMARTS) is 1. The van der Waals surface area contributed by atoms with Crippen LogP contribution in [0.4, 0.5) is 13.2 Å². The molecule has 1 aromatic heterocycles. The molecule has 2 rings (SSSR count). The topological polar surface area (TPSA) is 97.1 Å². The quantitative estimate of drug-likeness (QED) is 0.855. The molecular weight excluding hydrogens is 341 g/mol. The highest BCUT2D eigenvalue weighted by molar-refractivity contribution is 5.92. The van der Waals surface area contributed by atoms with Crippen LogP contribution >= 0.6 is 0 Å². The Hall–Kier alpha value is -2.91. The predicted octanol–water partition coefficient (Wildman–Crippen LogP) is 2.13. The van der Waals surface area contributed by atoms with E-state index in [0.717, 1.165) is 16.9 Å². The lowest BCUT2D eigenvalue weighted by Crippen LogP contribution is -2.39. The highest BCUT2D eigenvalue weighted by atomic mass is 19.4. The van der Waals surface area contributed by atoms with Crippen molar-refractivity contribution in [3.8, 4) is 5.69 Å². The highest BCUT2D eigenvalue weighted by Gasteiger charge is 2.34. The molecule has 0 aliphatic heterocycles. The van der Waals surface area contributed by atoms with E-state index in [4.69, 9.17) is 5.11 Å². The molecule has 0 radical (unpaired) electrons. The standard InChI is InChI=1S/C15H15F3N4O3/c1-14(2,13(24)25)8-19-12(23)10-7-22(21-20-10)11-6-4-3-5-9(11)15(16,17)18/h3-7H,8H2,1-2H3,(H,19,23)(H,24,25). The van der Waals surface area contributed by atoms with Gasteiger partial charge in [-0.2, -0.15) is 13.2 Å². The second-order valence-corrected chi connectivity index (χ2v) is 5.93. The molecule has 0 fully saturated rings. The third kappa shape index (κ3) is 4.14. The molecule has 10 heteroatoms. The Bertz CT molecular complexity index is 799. The predicted molar refractivity (Wildman–Crippen MR) is 80.1 cm³/mol. The second-order valence-electron chi connectivity index (χ2n) is 5.93. The van der Waals surface area contributed by atoms with Crippen LogP contribution in [-0.2, 0) is 11.0 Å². The number of para-hydroxylation sites is 1. The summed E-state index contributed by atoms with van der Waals surface area (Å²) >= 11 is 0. The Morgan fingerprint density at radius 3 is 2.48 bits per heavy atom. The summed E-state index contributed by atoms with van der Waals surface area (Å²) in [4.78, 5) is 23.0. The Balaban J connectivity index is 2.21. The summed E-state index contributed by atoms with van der Waals surface area (Å²) in [5.74, 6) is -1.83. The van der Waals surface area contributed by atoms with E-state index in [-0.39, 0.29) is 17.9 Å². The van der Waals surface area contributed by atoms with Crippen LogP contribution in [0, 0.1) is 5.41 Å². The number of alkyl halides is 3. The smallest absolute Gasteiger partial charge is 0.418 e. The van der Waals surface area contributed by atoms with Crippen molar-refractivity contribution < 1.29 is 27.9 Å². The van der Waals surface area contributed by atoms with E-state index in [1.165, 1.54) is 32.0 Å². The third-order valence-electron chi connectivity index (χ3n) is 3.45. The van der Waals surface area contributed by atoms with Gasteiger partial charge in [-0.1, -0.05) is 17.3 Å². The van der Waals surface area contributed by atoms with Crippen LogP contribution in [0.15, 0.2) is 30.5 Å². The van der Waals surface area contributed by atoms with E-state index in [1.54, 1.807) is 0 Å². The number of rotatable bonds is 5. The van der Waals surface area contributed by atoms with E-state index in [2.05, 4.69) is 15.6 Å². The van der Waals surface area contributed by atoms with Gasteiger partial charge in [-0.3, -0.25) is 9.59 Å². The Morgan fingerprint density at radius 1 is 1.24 bits per heavy atom. The third-order valence-corrected chi connectivity index (χ3v) is 3.45. The SMILES string of the molecule is CC(C)(CNC(=O)c1cn(-c2ccccc2C(F)(F)F)nn1)C(=O)O. The van der Waals surface area contributed by atoms with E-state index in [1.807, 2.05) is 0 Å². The molecule has 7 nitrogen and oxygen atoms in total. The largest absolute Gasteiger partial charge is 0.481 e. The van der Waals surface area contributed by atoms with Gasteiger partial charge in [-0.15, -0.1) is 5.10 Å². The zero-order valence-electron chi connectivity index (χ0n) is 13.3. The van der Waals surface area contributed by atoms with Crippen LogP contribution in [0.25, 0.3) is 5.69 Å². The van der Waals surface area contributed by atoms with Crippen molar-refractivity contribution in [2.24, 2.45) is 5.41 Å². The van der Waals surface area contributed by atoms with E-state index >= 15 is 0 Å². The van der Waals surface area contributed by atoms with Crippen LogP contribution in [-0.4, -0.2) is 38.5 Å². The van der Waals surface area contributed by atoms with Crippen molar-refractivity contribution in [2.75, 3.05) is 6.54 Å². The molecule has 2 aromatic rings. The lowest BCUT2D eigenvalue weighted by Gasteiger charge is -2.18. The van der Waals surface area contributed by atoms with E-state index < -0.39 is 29.0 Å². The molecule has 0 saturated heterocycles. The summed E-state index contributed by atoms with van der Waals surface area (Å²) in [6.45, 7) is 2.67. The lowest BCUT2D eigenvalue weighted by atomic mass is 9.94. The van der Waals surface area contributed by atoms with E-state index in [0.29, 0.717) is 0 Å². The number of hydrogen-bond acceptors (Lipinski definition) is 4. The van der Waals surface area contributed by atoms with Gasteiger partial charge >= 0.3 is 12.1 Å². The lowest BCUT2D eigenvalue weighted by molar-refractivity contribution is -0.146. The minimum absolute atomic E-state index is 0.173. The van der Waals surface area contributed by atoms with Gasteiger partial charge in [0.2, 0.25) is 0 Å². The van der Waals surface area contributed by atoms with Gasteiger partial charge in [0, 0.05) is 6.54 Å². The molecule has 1 heterocycles. The summed E-state index contributed by atoms with van der Waals surface area (Å²) in [7, 11) is 0. The van der Waals surface area contributed by atoms with Crippen molar-refractivity contribution in [3.05, 3.63) is 41.7 Å². The molecule has 0 aliphatic rings. The van der Waals surface area contributed by atoms with Crippen LogP contribution in [0.2, 0.25) is 0 Å². The molecule has 0 saturated carbocycles. The first kappa shape index (κ1) is 18.4. The number of carbonyl (C=O) groups is 2. The number of carbonyl (C=O) groups excluding carboxylic acids is 1. The number of aromatic nitrogens is 3. The number of carboxylic acids is 1. The molecule has 0 aliphatic carbocycles. The van der Waals surface area contributed by atoms with Crippen molar-refractivity contribution in [1.82, 2.24) is 20.3 Å². The maximum atomic E-state index is 13.0. The number of nitrogens with zero attached hydrogens (tertiary/aromatic N) is 3. The fourth-order valence-electron chi connectivity index (χ4n) is 1.87. The molecule has 1 amide bonds. The average molecular weight is 356 g/mol. The minimum atomic E-state index is -4.59. The molecule has 0 spiro atoms. The van der Waals surface area contributed by atoms with Crippen LogP contribution < -0.4 is 5.32 Å². The fourth-order valence-corrected chi connectivity index (χ4v) is 1.87. The molecule has 134 valence electrons. The zero-order chi connectivity index (χ0) is 18.8. The molecule has 0 atom stereocenters. The molecule has 0 unspecified atom stereocenters. The Morgan fingerprint density at radius 2 is 1.88 bits per heavy atom. The first-order valence-electron chi connectivity index (χ1n) is 7.13. The first-order valence-corrected chi connectivity index (χ1v) is 7.13. The number of hydrogen-bond donors (Lipinski definition) is 2. The minimum Gasteiger partial charge on any atom is -0.481 e. The summed E-state index contributed by atoms with van der Waals surface area (Å²) < 4.78 is 39.9. The number of halogens is 3. The molecule has 0 bridgehead atoms. The van der Waals surface area contributed by atoms with Crippen LogP contribution in [0.1, 0.15) is 29.9 Å². The van der Waals surface area contributed by atoms with Gasteiger partial charge in [0.25, 0.3) is 5.91 Å². The van der Waals surface area contributed by atoms with Gasteiger partial charge in [0.1, 0.15) is 0 Å². The van der Waals surface area contributed by atoms with Gasteiger partial charge in [-0.05, 0) is 26.0 Å². The highest BCUT2D eigenvalue weighted by Crippen LogP contribution is 2.33. The van der Waals surface area contributed by atoms with Crippen LogP contribution in [0.3, 0.4) is 0 Å². The van der Waals surface area contributed by atoms with Crippen molar-refractivity contribution in [3.63, 3.8) is 0 Å². The molecule has 1 aromatic carbocycles. The monoisotopic (exact) mass is 356 g/mol. The first-order chi connectivity index (χ1) is 11.5. The molecule has 2 N–H and O–H groups in total. The summed E-state index contributed by atoms with van der Waals surface area (Å²) in [5, 5.41) is 18.5. The average Bonchev–Trinajstić information content (AvgIpc) is 3.01. The number of amides is 1. The summed E-state index contributed by atoms with van der Waals surface area (Å²) in [6.07, 6.45) is -3.54. The van der Waals surface area contributed by atoms with Crippen molar-refractivity contribution >= 4 is 11.9 Å². The molecule has 25 heavy (non-hydrogen) atoms. The number of aliphatic carboxylic acids is 1. The number of nitrogens with one attached hydrogen (secondary N) is 1. The molecular formula is C15H15F3N4O3. The van der Waals surface area contributed by atoms with Gasteiger partial charge in [0.05, 0.1) is 22.9 Å². The van der Waals surface area contributed by atoms with Crippen LogP contribution in [0.5, 0.6) is 0 Å². The maximum absolute atomic E-state index is 13.0. The summed E-state index contributed by atoms with van der Waals surface area (Å²) in [6, 6.07) is 4.74. The normalized spacial score (nSPS) is 12.0. The van der Waals surface area contributed by atoms with Crippen molar-refractivity contribution in [2.45, 2.75) is 20.0 Å². The second kappa shape index (κ2) is 6.54. The number of benzene rings is 1. The maximum Gasteiger partial charge on any atom is 0.418 e. The Kier molecular flexibility index (Phi) is 4.82.